The predicted octanol–water partition coefficient (Wildman–Crippen LogP) is 3.89. The van der Waals surface area contributed by atoms with Gasteiger partial charge >= 0.3 is 0 Å². The number of rotatable bonds is 4. The molecule has 0 heterocycles. The van der Waals surface area contributed by atoms with Crippen LogP contribution in [0.1, 0.15) is 70.6 Å². The summed E-state index contributed by atoms with van der Waals surface area (Å²) < 4.78 is 5.41. The number of hydrogen-bond donors (Lipinski definition) is 1. The summed E-state index contributed by atoms with van der Waals surface area (Å²) in [6.07, 6.45) is 16.3. The third-order valence-corrected chi connectivity index (χ3v) is 5.95. The lowest BCUT2D eigenvalue weighted by Gasteiger charge is -2.44. The van der Waals surface area contributed by atoms with Crippen molar-refractivity contribution in [2.75, 3.05) is 7.11 Å². The summed E-state index contributed by atoms with van der Waals surface area (Å²) in [4.78, 5) is 0. The van der Waals surface area contributed by atoms with Crippen LogP contribution in [0.4, 0.5) is 0 Å². The molecule has 0 bridgehead atoms. The predicted molar refractivity (Wildman–Crippen MR) is 79.3 cm³/mol. The summed E-state index contributed by atoms with van der Waals surface area (Å²) in [5.74, 6) is 2.01. The lowest BCUT2D eigenvalue weighted by atomic mass is 9.70. The average Bonchev–Trinajstić information content (AvgIpc) is 2.44. The number of hydrogen-bond acceptors (Lipinski definition) is 2. The Balaban J connectivity index is 1.52. The van der Waals surface area contributed by atoms with Crippen LogP contribution >= 0.6 is 0 Å². The van der Waals surface area contributed by atoms with Gasteiger partial charge in [-0.3, -0.25) is 0 Å². The van der Waals surface area contributed by atoms with E-state index in [2.05, 4.69) is 5.32 Å². The first-order valence-corrected chi connectivity index (χ1v) is 8.65. The van der Waals surface area contributed by atoms with Crippen LogP contribution in [0.15, 0.2) is 0 Å². The summed E-state index contributed by atoms with van der Waals surface area (Å²) in [5.41, 5.74) is 0. The molecule has 2 heteroatoms. The number of ether oxygens (including phenoxy) is 1. The molecule has 0 amide bonds. The number of nitrogens with one attached hydrogen (secondary N) is 1. The van der Waals surface area contributed by atoms with Crippen molar-refractivity contribution < 1.29 is 4.74 Å². The molecule has 2 nitrogen and oxygen atoms in total. The molecule has 2 unspecified atom stereocenters. The van der Waals surface area contributed by atoms with Crippen LogP contribution in [0.5, 0.6) is 0 Å². The van der Waals surface area contributed by atoms with E-state index in [0.717, 1.165) is 23.9 Å². The third kappa shape index (κ3) is 3.33. The fourth-order valence-electron chi connectivity index (χ4n) is 4.69. The second kappa shape index (κ2) is 6.58. The van der Waals surface area contributed by atoms with Crippen LogP contribution in [-0.2, 0) is 4.74 Å². The number of methoxy groups -OCH3 is 1. The minimum atomic E-state index is 0.536. The first-order chi connectivity index (χ1) is 9.36. The maximum absolute atomic E-state index is 5.41. The van der Waals surface area contributed by atoms with Gasteiger partial charge in [-0.2, -0.15) is 0 Å². The van der Waals surface area contributed by atoms with Crippen molar-refractivity contribution in [3.63, 3.8) is 0 Å². The Kier molecular flexibility index (Phi) is 4.81. The molecule has 0 saturated heterocycles. The highest BCUT2D eigenvalue weighted by molar-refractivity contribution is 4.93. The maximum Gasteiger partial charge on any atom is 0.0601 e. The maximum atomic E-state index is 5.41. The fraction of sp³-hybridized carbons (Fsp3) is 1.00. The Bertz CT molecular complexity index is 268. The van der Waals surface area contributed by atoms with E-state index in [0.29, 0.717) is 6.10 Å². The van der Waals surface area contributed by atoms with E-state index in [9.17, 15) is 0 Å². The summed E-state index contributed by atoms with van der Waals surface area (Å²) in [7, 11) is 1.85. The molecule has 3 saturated carbocycles. The van der Waals surface area contributed by atoms with Gasteiger partial charge in [0, 0.05) is 19.2 Å². The molecule has 0 radical (unpaired) electrons. The fourth-order valence-corrected chi connectivity index (χ4v) is 4.69. The van der Waals surface area contributed by atoms with Gasteiger partial charge in [-0.05, 0) is 37.5 Å². The van der Waals surface area contributed by atoms with E-state index in [1.807, 2.05) is 7.11 Å². The Labute approximate surface area is 118 Å². The molecule has 0 spiro atoms. The van der Waals surface area contributed by atoms with Crippen LogP contribution in [0, 0.1) is 11.8 Å². The molecule has 0 aromatic rings. The van der Waals surface area contributed by atoms with E-state index >= 15 is 0 Å². The van der Waals surface area contributed by atoms with E-state index in [-0.39, 0.29) is 0 Å². The van der Waals surface area contributed by atoms with E-state index in [1.54, 1.807) is 0 Å². The van der Waals surface area contributed by atoms with Crippen molar-refractivity contribution in [2.24, 2.45) is 11.8 Å². The molecule has 1 N–H and O–H groups in total. The summed E-state index contributed by atoms with van der Waals surface area (Å²) in [5, 5.41) is 3.99. The van der Waals surface area contributed by atoms with Gasteiger partial charge in [0.2, 0.25) is 0 Å². The molecule has 3 fully saturated rings. The third-order valence-electron chi connectivity index (χ3n) is 5.95. The second-order valence-electron chi connectivity index (χ2n) is 7.15. The molecule has 0 aromatic carbocycles. The minimum Gasteiger partial charge on any atom is -0.381 e. The molecule has 0 aliphatic heterocycles. The van der Waals surface area contributed by atoms with Crippen LogP contribution in [0.2, 0.25) is 0 Å². The SMILES string of the molecule is COC1CC(NC2CCCCC2C2CCCCC2)C1. The van der Waals surface area contributed by atoms with Gasteiger partial charge in [0.15, 0.2) is 0 Å². The van der Waals surface area contributed by atoms with Gasteiger partial charge in [-0.25, -0.2) is 0 Å². The second-order valence-corrected chi connectivity index (χ2v) is 7.15. The largest absolute Gasteiger partial charge is 0.381 e. The van der Waals surface area contributed by atoms with Gasteiger partial charge < -0.3 is 10.1 Å². The minimum absolute atomic E-state index is 0.536. The van der Waals surface area contributed by atoms with E-state index in [4.69, 9.17) is 4.74 Å². The van der Waals surface area contributed by atoms with Crippen molar-refractivity contribution in [3.8, 4) is 0 Å². The highest BCUT2D eigenvalue weighted by Gasteiger charge is 2.36. The van der Waals surface area contributed by atoms with Crippen LogP contribution in [-0.4, -0.2) is 25.3 Å². The highest BCUT2D eigenvalue weighted by Crippen LogP contribution is 2.39. The molecule has 3 aliphatic rings. The van der Waals surface area contributed by atoms with Gasteiger partial charge in [-0.15, -0.1) is 0 Å². The molecule has 0 aromatic heterocycles. The van der Waals surface area contributed by atoms with Gasteiger partial charge in [0.05, 0.1) is 6.10 Å². The Hall–Kier alpha value is -0.0800. The zero-order valence-electron chi connectivity index (χ0n) is 12.6. The molecule has 3 aliphatic carbocycles. The Morgan fingerprint density at radius 1 is 0.842 bits per heavy atom. The van der Waals surface area contributed by atoms with Crippen LogP contribution < -0.4 is 5.32 Å². The van der Waals surface area contributed by atoms with E-state index < -0.39 is 0 Å². The molecule has 19 heavy (non-hydrogen) atoms. The summed E-state index contributed by atoms with van der Waals surface area (Å²) >= 11 is 0. The Morgan fingerprint density at radius 3 is 2.26 bits per heavy atom. The monoisotopic (exact) mass is 265 g/mol. The smallest absolute Gasteiger partial charge is 0.0601 e. The zero-order chi connectivity index (χ0) is 13.1. The quantitative estimate of drug-likeness (QED) is 0.832. The van der Waals surface area contributed by atoms with Crippen molar-refractivity contribution in [1.29, 1.82) is 0 Å². The van der Waals surface area contributed by atoms with Gasteiger partial charge in [0.1, 0.15) is 0 Å². The van der Waals surface area contributed by atoms with Crippen molar-refractivity contribution in [3.05, 3.63) is 0 Å². The van der Waals surface area contributed by atoms with Gasteiger partial charge in [-0.1, -0.05) is 44.9 Å². The van der Waals surface area contributed by atoms with Crippen LogP contribution in [0.3, 0.4) is 0 Å². The summed E-state index contributed by atoms with van der Waals surface area (Å²) in [6.45, 7) is 0. The molecular formula is C17H31NO. The molecule has 110 valence electrons. The first-order valence-electron chi connectivity index (χ1n) is 8.65. The molecule has 2 atom stereocenters. The first kappa shape index (κ1) is 13.9. The lowest BCUT2D eigenvalue weighted by molar-refractivity contribution is 0.00647. The van der Waals surface area contributed by atoms with Crippen LogP contribution in [0.25, 0.3) is 0 Å². The zero-order valence-corrected chi connectivity index (χ0v) is 12.6. The standard InChI is InChI=1S/C17H31NO/c1-19-15-11-14(12-15)18-17-10-6-5-9-16(17)13-7-3-2-4-8-13/h13-18H,2-12H2,1H3. The normalized spacial score (nSPS) is 40.9. The molecular weight excluding hydrogens is 234 g/mol. The topological polar surface area (TPSA) is 21.3 Å². The van der Waals surface area contributed by atoms with Gasteiger partial charge in [0.25, 0.3) is 0 Å². The molecule has 3 rings (SSSR count). The lowest BCUT2D eigenvalue weighted by Crippen LogP contribution is -2.53. The van der Waals surface area contributed by atoms with Crippen molar-refractivity contribution >= 4 is 0 Å². The Morgan fingerprint density at radius 2 is 1.53 bits per heavy atom. The highest BCUT2D eigenvalue weighted by atomic mass is 16.5. The van der Waals surface area contributed by atoms with Crippen molar-refractivity contribution in [1.82, 2.24) is 5.32 Å². The van der Waals surface area contributed by atoms with Crippen molar-refractivity contribution in [2.45, 2.75) is 88.8 Å². The van der Waals surface area contributed by atoms with E-state index in [1.165, 1.54) is 70.6 Å². The average molecular weight is 265 g/mol. The summed E-state index contributed by atoms with van der Waals surface area (Å²) in [6, 6.07) is 1.57.